The van der Waals surface area contributed by atoms with E-state index < -0.39 is 58.6 Å². The van der Waals surface area contributed by atoms with Gasteiger partial charge in [0.05, 0.1) is 22.9 Å². The summed E-state index contributed by atoms with van der Waals surface area (Å²) in [7, 11) is 0. The van der Waals surface area contributed by atoms with Crippen LogP contribution in [-0.2, 0) is 11.0 Å². The van der Waals surface area contributed by atoms with E-state index in [0.29, 0.717) is 0 Å². The van der Waals surface area contributed by atoms with Crippen molar-refractivity contribution in [1.29, 1.82) is 0 Å². The highest BCUT2D eigenvalue weighted by atomic mass is 79.9. The molecule has 0 bridgehead atoms. The van der Waals surface area contributed by atoms with Crippen molar-refractivity contribution in [1.82, 2.24) is 0 Å². The molecule has 1 fully saturated rings. The van der Waals surface area contributed by atoms with Gasteiger partial charge in [0.25, 0.3) is 0 Å². The van der Waals surface area contributed by atoms with E-state index in [1.807, 2.05) is 0 Å². The summed E-state index contributed by atoms with van der Waals surface area (Å²) in [6, 6.07) is 7.03. The third kappa shape index (κ3) is 6.01. The van der Waals surface area contributed by atoms with E-state index in [1.165, 1.54) is 24.3 Å². The first-order valence-electron chi connectivity index (χ1n) is 9.47. The Morgan fingerprint density at radius 1 is 1.03 bits per heavy atom. The lowest BCUT2D eigenvalue weighted by atomic mass is 10.0. The summed E-state index contributed by atoms with van der Waals surface area (Å²) in [4.78, 5) is 24.9. The standard InChI is InChI=1S/C21H13BrCl3F6NO2/c22-13-3-1-9(7-12(13)21(29,30)31)16-17(20(16,24)25)18(34)32-10-2-4-14(23)11(8-10)15(33)5-6-19(26,27)28/h1-4,7-8,16-17H,5-6H2,(H,32,34). The summed E-state index contributed by atoms with van der Waals surface area (Å²) in [5, 5.41) is 2.33. The van der Waals surface area contributed by atoms with Gasteiger partial charge in [-0.15, -0.1) is 23.2 Å². The van der Waals surface area contributed by atoms with Crippen molar-refractivity contribution in [3.63, 3.8) is 0 Å². The van der Waals surface area contributed by atoms with Crippen LogP contribution in [0.15, 0.2) is 40.9 Å². The minimum Gasteiger partial charge on any atom is -0.326 e. The van der Waals surface area contributed by atoms with Gasteiger partial charge >= 0.3 is 12.4 Å². The molecule has 1 aliphatic rings. The maximum atomic E-state index is 13.2. The predicted octanol–water partition coefficient (Wildman–Crippen LogP) is 8.17. The van der Waals surface area contributed by atoms with Crippen LogP contribution in [0.2, 0.25) is 5.02 Å². The lowest BCUT2D eigenvalue weighted by Crippen LogP contribution is -2.17. The van der Waals surface area contributed by atoms with Gasteiger partial charge in [-0.3, -0.25) is 9.59 Å². The van der Waals surface area contributed by atoms with Crippen LogP contribution in [0.5, 0.6) is 0 Å². The van der Waals surface area contributed by atoms with Crippen LogP contribution in [-0.4, -0.2) is 22.2 Å². The molecule has 184 valence electrons. The van der Waals surface area contributed by atoms with Crippen molar-refractivity contribution < 1.29 is 35.9 Å². The Balaban J connectivity index is 1.78. The highest BCUT2D eigenvalue weighted by Gasteiger charge is 2.67. The van der Waals surface area contributed by atoms with Crippen LogP contribution in [0.3, 0.4) is 0 Å². The molecule has 0 spiro atoms. The fraction of sp³-hybridized carbons (Fsp3) is 0.333. The van der Waals surface area contributed by atoms with Crippen LogP contribution in [0.1, 0.15) is 40.2 Å². The maximum absolute atomic E-state index is 13.2. The fourth-order valence-corrected chi connectivity index (χ4v) is 4.97. The Morgan fingerprint density at radius 2 is 1.68 bits per heavy atom. The number of nitrogens with one attached hydrogen (secondary N) is 1. The molecule has 0 radical (unpaired) electrons. The molecule has 1 amide bonds. The third-order valence-electron chi connectivity index (χ3n) is 5.16. The number of alkyl halides is 8. The molecule has 0 saturated heterocycles. The molecular weight excluding hydrogens is 598 g/mol. The predicted molar refractivity (Wildman–Crippen MR) is 120 cm³/mol. The van der Waals surface area contributed by atoms with Gasteiger partial charge in [-0.1, -0.05) is 33.6 Å². The average Bonchev–Trinajstić information content (AvgIpc) is 3.28. The van der Waals surface area contributed by atoms with Gasteiger partial charge in [0.2, 0.25) is 5.91 Å². The van der Waals surface area contributed by atoms with Gasteiger partial charge in [-0.25, -0.2) is 0 Å². The van der Waals surface area contributed by atoms with Crippen molar-refractivity contribution in [3.05, 3.63) is 62.6 Å². The van der Waals surface area contributed by atoms with Crippen LogP contribution in [0.25, 0.3) is 0 Å². The highest BCUT2D eigenvalue weighted by Crippen LogP contribution is 2.65. The Hall–Kier alpha value is -1.49. The van der Waals surface area contributed by atoms with Gasteiger partial charge in [-0.05, 0) is 35.9 Å². The second kappa shape index (κ2) is 9.52. The zero-order valence-electron chi connectivity index (χ0n) is 16.6. The van der Waals surface area contributed by atoms with Crippen molar-refractivity contribution in [2.45, 2.75) is 35.4 Å². The Morgan fingerprint density at radius 3 is 2.26 bits per heavy atom. The molecule has 2 aromatic rings. The van der Waals surface area contributed by atoms with Crippen LogP contribution >= 0.6 is 50.7 Å². The lowest BCUT2D eigenvalue weighted by molar-refractivity contribution is -0.138. The van der Waals surface area contributed by atoms with E-state index >= 15 is 0 Å². The van der Waals surface area contributed by atoms with Gasteiger partial charge in [0.15, 0.2) is 5.78 Å². The molecule has 0 aromatic heterocycles. The zero-order valence-corrected chi connectivity index (χ0v) is 20.5. The van der Waals surface area contributed by atoms with E-state index in [1.54, 1.807) is 0 Å². The van der Waals surface area contributed by atoms with E-state index in [2.05, 4.69) is 21.2 Å². The average molecular weight is 612 g/mol. The van der Waals surface area contributed by atoms with Crippen LogP contribution in [0, 0.1) is 5.92 Å². The van der Waals surface area contributed by atoms with Gasteiger partial charge in [-0.2, -0.15) is 26.3 Å². The molecular formula is C21H13BrCl3F6NO2. The number of ketones is 1. The monoisotopic (exact) mass is 609 g/mol. The minimum absolute atomic E-state index is 0.0336. The molecule has 3 rings (SSSR count). The largest absolute Gasteiger partial charge is 0.417 e. The number of Topliss-reactive ketones (excluding diaryl/α,β-unsaturated/α-hetero) is 1. The summed E-state index contributed by atoms with van der Waals surface area (Å²) < 4.78 is 75.0. The number of anilines is 1. The molecule has 2 atom stereocenters. The van der Waals surface area contributed by atoms with Crippen molar-refractivity contribution in [2.75, 3.05) is 5.32 Å². The first kappa shape index (κ1) is 27.1. The second-order valence-corrected chi connectivity index (χ2v) is 10.3. The van der Waals surface area contributed by atoms with E-state index in [-0.39, 0.29) is 26.3 Å². The lowest BCUT2D eigenvalue weighted by Gasteiger charge is -2.11. The molecule has 1 N–H and O–H groups in total. The Labute approximate surface area is 212 Å². The normalized spacial score (nSPS) is 19.6. The van der Waals surface area contributed by atoms with E-state index in [9.17, 15) is 35.9 Å². The van der Waals surface area contributed by atoms with E-state index in [0.717, 1.165) is 12.1 Å². The first-order chi connectivity index (χ1) is 15.5. The molecule has 13 heteroatoms. The van der Waals surface area contributed by atoms with Crippen molar-refractivity contribution >= 4 is 68.1 Å². The topological polar surface area (TPSA) is 46.2 Å². The minimum atomic E-state index is -4.65. The number of amides is 1. The van der Waals surface area contributed by atoms with Gasteiger partial charge in [0.1, 0.15) is 4.33 Å². The Kier molecular flexibility index (Phi) is 7.59. The SMILES string of the molecule is O=C(CCC(F)(F)F)c1cc(NC(=O)C2C(c3ccc(Br)c(C(F)(F)F)c3)C2(Cl)Cl)ccc1Cl. The molecule has 1 saturated carbocycles. The number of benzene rings is 2. The number of carbonyl (C=O) groups excluding carboxylic acids is 2. The van der Waals surface area contributed by atoms with Gasteiger partial charge in [0, 0.05) is 28.1 Å². The third-order valence-corrected chi connectivity index (χ3v) is 7.12. The maximum Gasteiger partial charge on any atom is 0.417 e. The number of rotatable bonds is 6. The number of hydrogen-bond donors (Lipinski definition) is 1. The number of hydrogen-bond acceptors (Lipinski definition) is 2. The Bertz CT molecular complexity index is 1140. The molecule has 1 aliphatic carbocycles. The number of halogens is 10. The second-order valence-electron chi connectivity index (χ2n) is 7.59. The highest BCUT2D eigenvalue weighted by molar-refractivity contribution is 9.10. The number of carbonyl (C=O) groups is 2. The van der Waals surface area contributed by atoms with Gasteiger partial charge < -0.3 is 5.32 Å². The summed E-state index contributed by atoms with van der Waals surface area (Å²) in [6.07, 6.45) is -11.3. The molecule has 2 unspecified atom stereocenters. The smallest absolute Gasteiger partial charge is 0.326 e. The van der Waals surface area contributed by atoms with E-state index in [4.69, 9.17) is 34.8 Å². The quantitative estimate of drug-likeness (QED) is 0.204. The first-order valence-corrected chi connectivity index (χ1v) is 11.4. The summed E-state index contributed by atoms with van der Waals surface area (Å²) in [5.41, 5.74) is -1.05. The van der Waals surface area contributed by atoms with Crippen molar-refractivity contribution in [2.24, 2.45) is 5.92 Å². The summed E-state index contributed by atoms with van der Waals surface area (Å²) in [5.74, 6) is -3.70. The van der Waals surface area contributed by atoms with Crippen LogP contribution in [0.4, 0.5) is 32.0 Å². The molecule has 0 aliphatic heterocycles. The van der Waals surface area contributed by atoms with Crippen LogP contribution < -0.4 is 5.32 Å². The molecule has 2 aromatic carbocycles. The summed E-state index contributed by atoms with van der Waals surface area (Å²) >= 11 is 21.1. The molecule has 0 heterocycles. The zero-order chi connectivity index (χ0) is 25.6. The molecule has 3 nitrogen and oxygen atoms in total. The van der Waals surface area contributed by atoms with Crippen molar-refractivity contribution in [3.8, 4) is 0 Å². The summed E-state index contributed by atoms with van der Waals surface area (Å²) in [6.45, 7) is 0. The molecule has 34 heavy (non-hydrogen) atoms. The fourth-order valence-electron chi connectivity index (χ4n) is 3.45.